The molecule has 1 fully saturated rings. The molecule has 0 amide bonds. The number of imidazole rings is 2. The average Bonchev–Trinajstić information content (AvgIpc) is 3.37. The van der Waals surface area contributed by atoms with Gasteiger partial charge in [-0.15, -0.1) is 0 Å². The molecule has 1 saturated carbocycles. The summed E-state index contributed by atoms with van der Waals surface area (Å²) in [5.74, 6) is 0.943. The molecule has 0 radical (unpaired) electrons. The van der Waals surface area contributed by atoms with E-state index in [4.69, 9.17) is 0 Å². The highest BCUT2D eigenvalue weighted by molar-refractivity contribution is 7.91. The third-order valence-corrected chi connectivity index (χ3v) is 6.98. The Kier molecular flexibility index (Phi) is 4.75. The number of halogens is 3. The monoisotopic (exact) mass is 439 g/mol. The Morgan fingerprint density at radius 1 is 1.20 bits per heavy atom. The van der Waals surface area contributed by atoms with Crippen molar-refractivity contribution in [3.63, 3.8) is 0 Å². The summed E-state index contributed by atoms with van der Waals surface area (Å²) in [4.78, 5) is 12.2. The molecule has 0 spiro atoms. The van der Waals surface area contributed by atoms with Crippen molar-refractivity contribution in [3.8, 4) is 11.5 Å². The van der Waals surface area contributed by atoms with E-state index in [1.54, 1.807) is 20.2 Å². The van der Waals surface area contributed by atoms with Crippen molar-refractivity contribution >= 4 is 26.9 Å². The highest BCUT2D eigenvalue weighted by atomic mass is 32.2. The molecule has 160 valence electrons. The first-order chi connectivity index (χ1) is 14.0. The molecular formula is C19H20F3N5O2S. The normalized spacial score (nSPS) is 15.5. The van der Waals surface area contributed by atoms with Crippen LogP contribution < -0.4 is 0 Å². The molecule has 30 heavy (non-hydrogen) atoms. The van der Waals surface area contributed by atoms with E-state index in [0.717, 1.165) is 25.1 Å². The number of sulfone groups is 1. The number of rotatable bonds is 5. The number of aryl methyl sites for hydroxylation is 1. The van der Waals surface area contributed by atoms with Gasteiger partial charge in [-0.25, -0.2) is 23.4 Å². The minimum Gasteiger partial charge on any atom is -0.324 e. The molecule has 0 atom stereocenters. The van der Waals surface area contributed by atoms with Gasteiger partial charge in [0, 0.05) is 14.1 Å². The molecule has 11 heteroatoms. The quantitative estimate of drug-likeness (QED) is 0.607. The Morgan fingerprint density at radius 3 is 2.50 bits per heavy atom. The summed E-state index contributed by atoms with van der Waals surface area (Å²) in [5, 5.41) is -0.0112. The molecule has 4 rings (SSSR count). The van der Waals surface area contributed by atoms with Crippen LogP contribution in [0.15, 0.2) is 23.4 Å². The molecule has 0 unspecified atom stereocenters. The Hall–Kier alpha value is -2.69. The summed E-state index contributed by atoms with van der Waals surface area (Å²) in [6, 6.07) is 0.851. The second kappa shape index (κ2) is 6.93. The van der Waals surface area contributed by atoms with E-state index in [9.17, 15) is 21.6 Å². The third-order valence-electron chi connectivity index (χ3n) is 5.16. The van der Waals surface area contributed by atoms with E-state index in [0.29, 0.717) is 17.3 Å². The number of hydrogen-bond acceptors (Lipinski definition) is 5. The first-order valence-electron chi connectivity index (χ1n) is 9.40. The van der Waals surface area contributed by atoms with Gasteiger partial charge < -0.3 is 9.13 Å². The van der Waals surface area contributed by atoms with Crippen LogP contribution in [0.5, 0.6) is 0 Å². The van der Waals surface area contributed by atoms with Crippen LogP contribution >= 0.6 is 0 Å². The maximum Gasteiger partial charge on any atom is 0.433 e. The number of hydrogen-bond donors (Lipinski definition) is 0. The van der Waals surface area contributed by atoms with Crippen molar-refractivity contribution in [3.05, 3.63) is 29.9 Å². The lowest BCUT2D eigenvalue weighted by Crippen LogP contribution is -2.11. The summed E-state index contributed by atoms with van der Waals surface area (Å²) < 4.78 is 67.7. The molecule has 1 aliphatic carbocycles. The van der Waals surface area contributed by atoms with Gasteiger partial charge in [0.15, 0.2) is 20.7 Å². The summed E-state index contributed by atoms with van der Waals surface area (Å²) >= 11 is 0. The lowest BCUT2D eigenvalue weighted by molar-refractivity contribution is -0.141. The second-order valence-electron chi connectivity index (χ2n) is 7.33. The fraction of sp³-hybridized carbons (Fsp3) is 0.421. The van der Waals surface area contributed by atoms with Crippen LogP contribution in [0.3, 0.4) is 0 Å². The Labute approximate surface area is 171 Å². The van der Waals surface area contributed by atoms with Crippen molar-refractivity contribution < 1.29 is 21.6 Å². The van der Waals surface area contributed by atoms with E-state index in [-0.39, 0.29) is 27.8 Å². The Balaban J connectivity index is 1.93. The van der Waals surface area contributed by atoms with E-state index >= 15 is 0 Å². The molecule has 3 aromatic heterocycles. The van der Waals surface area contributed by atoms with Gasteiger partial charge in [-0.1, -0.05) is 13.0 Å². The van der Waals surface area contributed by atoms with Crippen LogP contribution in [-0.4, -0.2) is 38.3 Å². The van der Waals surface area contributed by atoms with E-state index in [1.165, 1.54) is 16.1 Å². The van der Waals surface area contributed by atoms with Gasteiger partial charge in [-0.05, 0) is 30.9 Å². The summed E-state index contributed by atoms with van der Waals surface area (Å²) in [6.07, 6.45) is 2.43. The third kappa shape index (κ3) is 3.51. The van der Waals surface area contributed by atoms with E-state index in [2.05, 4.69) is 15.0 Å². The topological polar surface area (TPSA) is 82.7 Å². The zero-order valence-electron chi connectivity index (χ0n) is 16.6. The molecule has 0 saturated heterocycles. The molecule has 7 nitrogen and oxygen atoms in total. The molecule has 3 heterocycles. The standard InChI is InChI=1S/C19H20F3N5O2S/c1-4-30(28,29)18-16(25-15(27(18)3)8-7-11-5-6-11)17-24-12-9-14(19(20,21)22)23-10-13(12)26(17)2/h7-11H,4-6H2,1-3H3/b8-7+. The molecule has 0 bridgehead atoms. The first-order valence-corrected chi connectivity index (χ1v) is 11.1. The predicted molar refractivity (Wildman–Crippen MR) is 105 cm³/mol. The van der Waals surface area contributed by atoms with E-state index in [1.807, 2.05) is 6.08 Å². The molecule has 0 N–H and O–H groups in total. The maximum atomic E-state index is 13.0. The Bertz CT molecular complexity index is 1270. The highest BCUT2D eigenvalue weighted by Gasteiger charge is 2.34. The number of fused-ring (bicyclic) bond motifs is 1. The largest absolute Gasteiger partial charge is 0.433 e. The molecule has 0 aromatic carbocycles. The molecule has 0 aliphatic heterocycles. The molecule has 3 aromatic rings. The highest BCUT2D eigenvalue weighted by Crippen LogP contribution is 2.34. The van der Waals surface area contributed by atoms with Gasteiger partial charge in [0.25, 0.3) is 0 Å². The molecular weight excluding hydrogens is 419 g/mol. The lowest BCUT2D eigenvalue weighted by Gasteiger charge is -2.06. The second-order valence-corrected chi connectivity index (χ2v) is 9.53. The van der Waals surface area contributed by atoms with E-state index < -0.39 is 21.7 Å². The fourth-order valence-electron chi connectivity index (χ4n) is 3.25. The first kappa shape index (κ1) is 20.6. The van der Waals surface area contributed by atoms with Gasteiger partial charge in [-0.2, -0.15) is 13.2 Å². The van der Waals surface area contributed by atoms with Crippen molar-refractivity contribution in [2.75, 3.05) is 5.75 Å². The van der Waals surface area contributed by atoms with Gasteiger partial charge in [0.1, 0.15) is 17.2 Å². The maximum absolute atomic E-state index is 13.0. The smallest absolute Gasteiger partial charge is 0.324 e. The van der Waals surface area contributed by atoms with Crippen LogP contribution in [0.4, 0.5) is 13.2 Å². The zero-order valence-corrected chi connectivity index (χ0v) is 17.4. The SMILES string of the molecule is CCS(=O)(=O)c1c(-c2nc3cc(C(F)(F)F)ncc3n2C)nc(/C=C/C2CC2)n1C. The van der Waals surface area contributed by atoms with Crippen LogP contribution in [0.2, 0.25) is 0 Å². The fourth-order valence-corrected chi connectivity index (χ4v) is 4.47. The minimum absolute atomic E-state index is 0.0112. The van der Waals surface area contributed by atoms with Crippen LogP contribution in [0.1, 0.15) is 31.3 Å². The zero-order chi connectivity index (χ0) is 21.8. The lowest BCUT2D eigenvalue weighted by atomic mass is 10.3. The van der Waals surface area contributed by atoms with Crippen molar-refractivity contribution in [2.24, 2.45) is 20.0 Å². The van der Waals surface area contributed by atoms with Crippen molar-refractivity contribution in [2.45, 2.75) is 31.0 Å². The van der Waals surface area contributed by atoms with Gasteiger partial charge >= 0.3 is 6.18 Å². The van der Waals surface area contributed by atoms with Gasteiger partial charge in [0.05, 0.1) is 23.0 Å². The summed E-state index contributed by atoms with van der Waals surface area (Å²) in [5.41, 5.74) is -0.536. The number of alkyl halides is 3. The van der Waals surface area contributed by atoms with Crippen molar-refractivity contribution in [1.29, 1.82) is 0 Å². The average molecular weight is 439 g/mol. The summed E-state index contributed by atoms with van der Waals surface area (Å²) in [7, 11) is -0.475. The number of allylic oxidation sites excluding steroid dienone is 1. The number of aromatic nitrogens is 5. The van der Waals surface area contributed by atoms with Crippen LogP contribution in [-0.2, 0) is 30.1 Å². The van der Waals surface area contributed by atoms with Gasteiger partial charge in [-0.3, -0.25) is 0 Å². The number of nitrogens with zero attached hydrogens (tertiary/aromatic N) is 5. The van der Waals surface area contributed by atoms with Crippen LogP contribution in [0, 0.1) is 5.92 Å². The Morgan fingerprint density at radius 2 is 1.90 bits per heavy atom. The molecule has 1 aliphatic rings. The predicted octanol–water partition coefficient (Wildman–Crippen LogP) is 3.60. The van der Waals surface area contributed by atoms with Crippen molar-refractivity contribution in [1.82, 2.24) is 24.1 Å². The van der Waals surface area contributed by atoms with Gasteiger partial charge in [0.2, 0.25) is 0 Å². The van der Waals surface area contributed by atoms with Crippen LogP contribution in [0.25, 0.3) is 28.6 Å². The number of pyridine rings is 1. The minimum atomic E-state index is -4.60. The summed E-state index contributed by atoms with van der Waals surface area (Å²) in [6.45, 7) is 1.53.